The molecule has 4 heteroatoms. The summed E-state index contributed by atoms with van der Waals surface area (Å²) in [4.78, 5) is 12.0. The van der Waals surface area contributed by atoms with Gasteiger partial charge in [-0.15, -0.1) is 0 Å². The van der Waals surface area contributed by atoms with Gasteiger partial charge in [0.2, 0.25) is 0 Å². The first-order chi connectivity index (χ1) is 14.7. The Morgan fingerprint density at radius 1 is 0.742 bits per heavy atom. The molecule has 0 aromatic carbocycles. The number of hydroxylamine groups is 2. The van der Waals surface area contributed by atoms with Gasteiger partial charge in [-0.05, 0) is 130 Å². The number of carbonyl (C=O) groups excluding carboxylic acids is 1. The Hall–Kier alpha value is -4.13. The van der Waals surface area contributed by atoms with Crippen molar-refractivity contribution >= 4 is 5.91 Å². The summed E-state index contributed by atoms with van der Waals surface area (Å²) in [5.74, 6) is 39.7. The average molecular weight is 406 g/mol. The van der Waals surface area contributed by atoms with E-state index in [-0.39, 0.29) is 6.04 Å². The molecule has 1 saturated heterocycles. The van der Waals surface area contributed by atoms with Crippen LogP contribution in [0.5, 0.6) is 0 Å². The van der Waals surface area contributed by atoms with Crippen LogP contribution in [0.25, 0.3) is 0 Å². The van der Waals surface area contributed by atoms with Crippen molar-refractivity contribution in [3.63, 3.8) is 0 Å². The molecule has 1 fully saturated rings. The van der Waals surface area contributed by atoms with Crippen LogP contribution in [0, 0.1) is 94.7 Å². The van der Waals surface area contributed by atoms with E-state index >= 15 is 0 Å². The van der Waals surface area contributed by atoms with Crippen LogP contribution < -0.4 is 5.32 Å². The van der Waals surface area contributed by atoms with E-state index < -0.39 is 17.0 Å². The van der Waals surface area contributed by atoms with Crippen molar-refractivity contribution in [1.29, 1.82) is 0 Å². The molecule has 31 heavy (non-hydrogen) atoms. The molecule has 0 atom stereocenters. The Balaban J connectivity index is 2.54. The maximum Gasteiger partial charge on any atom is 0.297 e. The lowest BCUT2D eigenvalue weighted by molar-refractivity contribution is -0.245. The molecule has 0 unspecified atom stereocenters. The number of rotatable bonds is 1. The highest BCUT2D eigenvalue weighted by Gasteiger charge is 2.45. The molecule has 0 aromatic heterocycles. The minimum atomic E-state index is -0.446. The second-order valence-electron chi connectivity index (χ2n) is 7.64. The molecule has 0 aliphatic carbocycles. The first-order valence-electron chi connectivity index (χ1n) is 9.41. The number of carbonyl (C=O) groups is 1. The van der Waals surface area contributed by atoms with Crippen molar-refractivity contribution in [1.82, 2.24) is 10.4 Å². The van der Waals surface area contributed by atoms with Crippen LogP contribution in [0.4, 0.5) is 0 Å². The van der Waals surface area contributed by atoms with Crippen LogP contribution in [0.15, 0.2) is 0 Å². The summed E-state index contributed by atoms with van der Waals surface area (Å²) < 4.78 is 0. The smallest absolute Gasteiger partial charge is 0.297 e. The Morgan fingerprint density at radius 3 is 1.48 bits per heavy atom. The third kappa shape index (κ3) is 9.76. The van der Waals surface area contributed by atoms with E-state index in [1.165, 1.54) is 5.06 Å². The zero-order valence-electron chi connectivity index (χ0n) is 18.3. The normalized spacial score (nSPS) is 14.8. The van der Waals surface area contributed by atoms with Crippen LogP contribution in [0.1, 0.15) is 47.5 Å². The third-order valence-electron chi connectivity index (χ3n) is 4.09. The molecule has 2 N–H and O–H groups in total. The zero-order valence-corrected chi connectivity index (χ0v) is 18.3. The molecule has 152 valence electrons. The first-order valence-corrected chi connectivity index (χ1v) is 9.41. The topological polar surface area (TPSA) is 52.6 Å². The van der Waals surface area contributed by atoms with Crippen LogP contribution >= 0.6 is 0 Å². The summed E-state index contributed by atoms with van der Waals surface area (Å²) in [5.41, 5.74) is -0.892. The summed E-state index contributed by atoms with van der Waals surface area (Å²) in [6.45, 7) is 9.43. The van der Waals surface area contributed by atoms with Gasteiger partial charge in [0.05, 0.1) is 0 Å². The van der Waals surface area contributed by atoms with Crippen molar-refractivity contribution in [3.8, 4) is 94.7 Å². The van der Waals surface area contributed by atoms with Gasteiger partial charge < -0.3 is 10.5 Å². The molecule has 0 spiro atoms. The molecule has 1 rings (SSSR count). The molecule has 0 aromatic rings. The molecular weight excluding hydrogens is 384 g/mol. The van der Waals surface area contributed by atoms with Crippen molar-refractivity contribution in [2.24, 2.45) is 0 Å². The van der Waals surface area contributed by atoms with E-state index in [4.69, 9.17) is 0 Å². The second-order valence-corrected chi connectivity index (χ2v) is 7.64. The summed E-state index contributed by atoms with van der Waals surface area (Å²) in [5, 5.41) is 14.5. The van der Waals surface area contributed by atoms with Gasteiger partial charge in [-0.25, -0.2) is 0 Å². The summed E-state index contributed by atoms with van der Waals surface area (Å²) >= 11 is 0. The van der Waals surface area contributed by atoms with Crippen LogP contribution in [-0.2, 0) is 4.79 Å². The number of piperidine rings is 1. The minimum absolute atomic E-state index is 0.0823. The minimum Gasteiger partial charge on any atom is -0.342 e. The molecule has 1 aliphatic heterocycles. The lowest BCUT2D eigenvalue weighted by Crippen LogP contribution is -2.62. The van der Waals surface area contributed by atoms with E-state index in [1.54, 1.807) is 6.92 Å². The standard InChI is InChI=1S/C27H22N2O2/c1-6-7-8-9-10-11-12-13-14-15-16-17-18-19-20-21-25(30)28-24-22-26(2,3)29(31)27(4,5)23-24/h24,31H,22-23H2,1-5H3,(H,28,30). The molecule has 1 heterocycles. The van der Waals surface area contributed by atoms with E-state index in [1.807, 2.05) is 27.7 Å². The predicted molar refractivity (Wildman–Crippen MR) is 121 cm³/mol. The molecule has 0 bridgehead atoms. The molecule has 1 aliphatic rings. The average Bonchev–Trinajstić information content (AvgIpc) is 2.68. The van der Waals surface area contributed by atoms with Crippen molar-refractivity contribution in [2.45, 2.75) is 64.6 Å². The van der Waals surface area contributed by atoms with Crippen molar-refractivity contribution in [3.05, 3.63) is 0 Å². The van der Waals surface area contributed by atoms with Gasteiger partial charge in [-0.3, -0.25) is 4.79 Å². The fourth-order valence-corrected chi connectivity index (χ4v) is 3.12. The van der Waals surface area contributed by atoms with Gasteiger partial charge in [0, 0.05) is 23.0 Å². The first kappa shape index (κ1) is 24.9. The van der Waals surface area contributed by atoms with E-state index in [9.17, 15) is 10.0 Å². The number of hydrogen-bond acceptors (Lipinski definition) is 3. The largest absolute Gasteiger partial charge is 0.342 e. The quantitative estimate of drug-likeness (QED) is 0.650. The van der Waals surface area contributed by atoms with Gasteiger partial charge in [0.15, 0.2) is 0 Å². The summed E-state index contributed by atoms with van der Waals surface area (Å²) in [7, 11) is 0. The molecule has 0 radical (unpaired) electrons. The lowest BCUT2D eigenvalue weighted by atomic mass is 9.79. The van der Waals surface area contributed by atoms with Gasteiger partial charge >= 0.3 is 0 Å². The van der Waals surface area contributed by atoms with Crippen molar-refractivity contribution in [2.75, 3.05) is 0 Å². The lowest BCUT2D eigenvalue weighted by Gasteiger charge is -2.51. The Morgan fingerprint density at radius 2 is 1.10 bits per heavy atom. The number of nitrogens with one attached hydrogen (secondary N) is 1. The van der Waals surface area contributed by atoms with Crippen LogP contribution in [-0.4, -0.2) is 33.3 Å². The number of nitrogens with zero attached hydrogens (tertiary/aromatic N) is 1. The molecule has 4 nitrogen and oxygen atoms in total. The second kappa shape index (κ2) is 12.4. The predicted octanol–water partition coefficient (Wildman–Crippen LogP) is 1.56. The Kier molecular flexibility index (Phi) is 9.99. The highest BCUT2D eigenvalue weighted by atomic mass is 16.5. The SMILES string of the molecule is CC#CC#CC#CC#CC#CC#CC#CC#CC(=O)NC1CC(C)(C)N(O)C(C)(C)C1. The highest BCUT2D eigenvalue weighted by Crippen LogP contribution is 2.36. The van der Waals surface area contributed by atoms with Gasteiger partial charge in [0.1, 0.15) is 0 Å². The Labute approximate surface area is 185 Å². The highest BCUT2D eigenvalue weighted by molar-refractivity contribution is 5.94. The third-order valence-corrected chi connectivity index (χ3v) is 4.09. The molecular formula is C27H22N2O2. The van der Waals surface area contributed by atoms with E-state index in [2.05, 4.69) is 100 Å². The number of hydrogen-bond donors (Lipinski definition) is 2. The van der Waals surface area contributed by atoms with Gasteiger partial charge in [-0.1, -0.05) is 5.92 Å². The maximum atomic E-state index is 12.0. The number of amides is 1. The Bertz CT molecular complexity index is 1190. The van der Waals surface area contributed by atoms with Gasteiger partial charge in [-0.2, -0.15) is 5.06 Å². The fraction of sp³-hybridized carbons (Fsp3) is 0.370. The van der Waals surface area contributed by atoms with Gasteiger partial charge in [0.25, 0.3) is 5.91 Å². The zero-order chi connectivity index (χ0) is 23.2. The fourth-order valence-electron chi connectivity index (χ4n) is 3.12. The maximum absolute atomic E-state index is 12.0. The van der Waals surface area contributed by atoms with Crippen LogP contribution in [0.2, 0.25) is 0 Å². The molecule has 1 amide bonds. The summed E-state index contributed by atoms with van der Waals surface area (Å²) in [6, 6.07) is -0.0823. The van der Waals surface area contributed by atoms with Crippen LogP contribution in [0.3, 0.4) is 0 Å². The van der Waals surface area contributed by atoms with Crippen molar-refractivity contribution < 1.29 is 10.0 Å². The molecule has 0 saturated carbocycles. The van der Waals surface area contributed by atoms with E-state index in [0.717, 1.165) is 0 Å². The summed E-state index contributed by atoms with van der Waals surface area (Å²) in [6.07, 6.45) is 1.23. The van der Waals surface area contributed by atoms with E-state index in [0.29, 0.717) is 12.8 Å². The monoisotopic (exact) mass is 406 g/mol.